The minimum Gasteiger partial charge on any atom is -0.300 e. The van der Waals surface area contributed by atoms with Gasteiger partial charge >= 0.3 is 0 Å². The molecule has 0 fully saturated rings. The van der Waals surface area contributed by atoms with Gasteiger partial charge in [-0.15, -0.1) is 22.0 Å². The van der Waals surface area contributed by atoms with E-state index < -0.39 is 0 Å². The van der Waals surface area contributed by atoms with E-state index in [2.05, 4.69) is 27.4 Å². The molecule has 3 heterocycles. The molecule has 7 nitrogen and oxygen atoms in total. The fraction of sp³-hybridized carbons (Fsp3) is 0.500. The van der Waals surface area contributed by atoms with Crippen LogP contribution in [0.5, 0.6) is 0 Å². The van der Waals surface area contributed by atoms with Crippen LogP contribution in [0.25, 0.3) is 0 Å². The molecule has 1 aliphatic heterocycles. The molecule has 1 N–H and O–H groups in total. The lowest BCUT2D eigenvalue weighted by atomic mass is 10.2. The summed E-state index contributed by atoms with van der Waals surface area (Å²) in [5.41, 5.74) is 0.809. The first kappa shape index (κ1) is 17.4. The summed E-state index contributed by atoms with van der Waals surface area (Å²) in [4.78, 5) is 29.7. The van der Waals surface area contributed by atoms with E-state index in [4.69, 9.17) is 0 Å². The Balaban J connectivity index is 1.66. The molecule has 2 aromatic heterocycles. The predicted molar refractivity (Wildman–Crippen MR) is 97.1 cm³/mol. The van der Waals surface area contributed by atoms with Crippen LogP contribution in [0.2, 0.25) is 0 Å². The summed E-state index contributed by atoms with van der Waals surface area (Å²) in [5, 5.41) is 12.9. The molecule has 0 bridgehead atoms. The second kappa shape index (κ2) is 7.24. The second-order valence-electron chi connectivity index (χ2n) is 5.36. The van der Waals surface area contributed by atoms with Crippen LogP contribution in [0.1, 0.15) is 24.5 Å². The van der Waals surface area contributed by atoms with Gasteiger partial charge in [0.1, 0.15) is 5.01 Å². The lowest BCUT2D eigenvalue weighted by Gasteiger charge is -2.08. The molecule has 24 heavy (non-hydrogen) atoms. The first-order valence-electron chi connectivity index (χ1n) is 7.49. The van der Waals surface area contributed by atoms with Gasteiger partial charge in [-0.3, -0.25) is 19.5 Å². The minimum atomic E-state index is -0.184. The number of hydrogen-bond donors (Lipinski definition) is 1. The zero-order valence-electron chi connectivity index (χ0n) is 13.5. The van der Waals surface area contributed by atoms with Crippen molar-refractivity contribution < 1.29 is 4.79 Å². The number of thioether (sulfide) groups is 2. The van der Waals surface area contributed by atoms with Gasteiger partial charge in [-0.2, -0.15) is 0 Å². The molecule has 0 aliphatic carbocycles. The van der Waals surface area contributed by atoms with Crippen molar-refractivity contribution in [3.8, 4) is 0 Å². The highest BCUT2D eigenvalue weighted by molar-refractivity contribution is 8.00. The molecule has 1 atom stereocenters. The lowest BCUT2D eigenvalue weighted by molar-refractivity contribution is -0.113. The first-order chi connectivity index (χ1) is 11.5. The SMILES string of the molecule is CCc1nnc(NC(=O)CSc2nc3c(c(=O)n2C)S[C@H](C)C3)s1. The Morgan fingerprint density at radius 2 is 2.25 bits per heavy atom. The molecule has 0 saturated heterocycles. The van der Waals surface area contributed by atoms with Crippen molar-refractivity contribution in [2.75, 3.05) is 11.1 Å². The molecule has 0 unspecified atom stereocenters. The molecule has 128 valence electrons. The summed E-state index contributed by atoms with van der Waals surface area (Å²) in [6.07, 6.45) is 1.58. The van der Waals surface area contributed by atoms with Crippen molar-refractivity contribution in [3.63, 3.8) is 0 Å². The summed E-state index contributed by atoms with van der Waals surface area (Å²) in [6, 6.07) is 0. The molecule has 0 aromatic carbocycles. The number of rotatable bonds is 5. The van der Waals surface area contributed by atoms with Crippen molar-refractivity contribution in [2.45, 2.75) is 42.0 Å². The lowest BCUT2D eigenvalue weighted by Crippen LogP contribution is -2.23. The number of nitrogens with zero attached hydrogens (tertiary/aromatic N) is 4. The molecular formula is C14H17N5O2S3. The average Bonchev–Trinajstić information content (AvgIpc) is 3.15. The number of anilines is 1. The van der Waals surface area contributed by atoms with Crippen LogP contribution in [0.3, 0.4) is 0 Å². The maximum Gasteiger partial charge on any atom is 0.267 e. The second-order valence-corrected chi connectivity index (χ2v) is 8.81. The van der Waals surface area contributed by atoms with Gasteiger partial charge in [0, 0.05) is 18.7 Å². The summed E-state index contributed by atoms with van der Waals surface area (Å²) in [5.74, 6) is -0.0145. The van der Waals surface area contributed by atoms with E-state index in [-0.39, 0.29) is 17.2 Å². The molecule has 10 heteroatoms. The van der Waals surface area contributed by atoms with Crippen LogP contribution in [0, 0.1) is 0 Å². The quantitative estimate of drug-likeness (QED) is 0.623. The predicted octanol–water partition coefficient (Wildman–Crippen LogP) is 1.96. The van der Waals surface area contributed by atoms with Crippen LogP contribution in [0.4, 0.5) is 5.13 Å². The van der Waals surface area contributed by atoms with E-state index in [0.717, 1.165) is 28.4 Å². The smallest absolute Gasteiger partial charge is 0.267 e. The number of hydrogen-bond acceptors (Lipinski definition) is 8. The zero-order valence-corrected chi connectivity index (χ0v) is 16.0. The Kier molecular flexibility index (Phi) is 5.26. The average molecular weight is 384 g/mol. The third-order valence-electron chi connectivity index (χ3n) is 3.43. The van der Waals surface area contributed by atoms with Crippen LogP contribution in [-0.4, -0.2) is 36.7 Å². The Bertz CT molecular complexity index is 832. The van der Waals surface area contributed by atoms with Crippen LogP contribution >= 0.6 is 34.9 Å². The van der Waals surface area contributed by atoms with Gasteiger partial charge in [-0.25, -0.2) is 4.98 Å². The van der Waals surface area contributed by atoms with Crippen molar-refractivity contribution >= 4 is 45.9 Å². The summed E-state index contributed by atoms with van der Waals surface area (Å²) in [6.45, 7) is 4.07. The van der Waals surface area contributed by atoms with Crippen LogP contribution in [0.15, 0.2) is 14.8 Å². The molecule has 3 rings (SSSR count). The number of aromatic nitrogens is 4. The van der Waals surface area contributed by atoms with Crippen molar-refractivity contribution in [1.29, 1.82) is 0 Å². The van der Waals surface area contributed by atoms with E-state index in [1.807, 2.05) is 6.92 Å². The van der Waals surface area contributed by atoms with Crippen molar-refractivity contribution in [3.05, 3.63) is 21.1 Å². The summed E-state index contributed by atoms with van der Waals surface area (Å²) >= 11 is 4.20. The molecule has 0 radical (unpaired) electrons. The van der Waals surface area contributed by atoms with Gasteiger partial charge in [0.05, 0.1) is 16.3 Å². The van der Waals surface area contributed by atoms with Gasteiger partial charge in [-0.1, -0.05) is 36.9 Å². The fourth-order valence-electron chi connectivity index (χ4n) is 2.24. The maximum atomic E-state index is 12.4. The van der Waals surface area contributed by atoms with E-state index in [1.54, 1.807) is 18.8 Å². The highest BCUT2D eigenvalue weighted by Crippen LogP contribution is 2.33. The normalized spacial score (nSPS) is 16.2. The van der Waals surface area contributed by atoms with Crippen LogP contribution in [-0.2, 0) is 24.7 Å². The number of fused-ring (bicyclic) bond motifs is 1. The maximum absolute atomic E-state index is 12.4. The van der Waals surface area contributed by atoms with Gasteiger partial charge in [0.2, 0.25) is 11.0 Å². The Hall–Kier alpha value is -1.39. The van der Waals surface area contributed by atoms with E-state index >= 15 is 0 Å². The van der Waals surface area contributed by atoms with E-state index in [0.29, 0.717) is 15.5 Å². The number of aryl methyl sites for hydroxylation is 1. The van der Waals surface area contributed by atoms with E-state index in [1.165, 1.54) is 27.7 Å². The third-order valence-corrected chi connectivity index (χ3v) is 6.65. The number of carbonyl (C=O) groups excluding carboxylic acids is 1. The third kappa shape index (κ3) is 3.65. The summed E-state index contributed by atoms with van der Waals surface area (Å²) in [7, 11) is 1.69. The molecule has 0 saturated carbocycles. The highest BCUT2D eigenvalue weighted by atomic mass is 32.2. The van der Waals surface area contributed by atoms with Crippen molar-refractivity contribution in [1.82, 2.24) is 19.7 Å². The van der Waals surface area contributed by atoms with Gasteiger partial charge < -0.3 is 0 Å². The van der Waals surface area contributed by atoms with Gasteiger partial charge in [-0.05, 0) is 6.42 Å². The number of amides is 1. The number of carbonyl (C=O) groups is 1. The Morgan fingerprint density at radius 1 is 1.46 bits per heavy atom. The highest BCUT2D eigenvalue weighted by Gasteiger charge is 2.25. The van der Waals surface area contributed by atoms with Gasteiger partial charge in [0.25, 0.3) is 5.56 Å². The number of nitrogens with one attached hydrogen (secondary N) is 1. The van der Waals surface area contributed by atoms with Crippen molar-refractivity contribution in [2.24, 2.45) is 7.05 Å². The fourth-order valence-corrected chi connectivity index (χ4v) is 4.86. The Morgan fingerprint density at radius 3 is 2.96 bits per heavy atom. The molecule has 2 aromatic rings. The zero-order chi connectivity index (χ0) is 17.3. The van der Waals surface area contributed by atoms with Crippen LogP contribution < -0.4 is 10.9 Å². The van der Waals surface area contributed by atoms with E-state index in [9.17, 15) is 9.59 Å². The molecule has 1 amide bonds. The Labute approximate surface area is 151 Å². The molecule has 0 spiro atoms. The monoisotopic (exact) mass is 383 g/mol. The standard InChI is InChI=1S/C14H17N5O2S3/c1-4-10-17-18-13(24-10)16-9(20)6-22-14-15-8-5-7(2)23-11(8)12(21)19(14)3/h7H,4-6H2,1-3H3,(H,16,18,20)/t7-/m1/s1. The topological polar surface area (TPSA) is 89.8 Å². The molecular weight excluding hydrogens is 366 g/mol. The van der Waals surface area contributed by atoms with Gasteiger partial charge in [0.15, 0.2) is 5.16 Å². The minimum absolute atomic E-state index is 0.0334. The first-order valence-corrected chi connectivity index (χ1v) is 10.2. The largest absolute Gasteiger partial charge is 0.300 e. The molecule has 1 aliphatic rings. The summed E-state index contributed by atoms with van der Waals surface area (Å²) < 4.78 is 1.52.